The minimum absolute atomic E-state index is 0.0820. The molecular formula is C25H32N4O6S2. The number of hydrogen-bond donors (Lipinski definition) is 2. The predicted octanol–water partition coefficient (Wildman–Crippen LogP) is 2.59. The summed E-state index contributed by atoms with van der Waals surface area (Å²) in [7, 11) is -7.89. The van der Waals surface area contributed by atoms with Gasteiger partial charge < -0.3 is 10.2 Å². The third kappa shape index (κ3) is 4.35. The SMILES string of the molecule is CS(=O)(=O)Nc1ccc2c(c1)S(=O)(=O)N=C(C1C(=O)C3C4CCC(C4)C3N(CC3CCCCC3)C1=O)N2. The van der Waals surface area contributed by atoms with Gasteiger partial charge in [-0.05, 0) is 68.1 Å². The van der Waals surface area contributed by atoms with Crippen molar-refractivity contribution in [3.63, 3.8) is 0 Å². The van der Waals surface area contributed by atoms with Gasteiger partial charge in [0.25, 0.3) is 10.0 Å². The van der Waals surface area contributed by atoms with Crippen LogP contribution in [0.25, 0.3) is 0 Å². The lowest BCUT2D eigenvalue weighted by molar-refractivity contribution is -0.153. The first-order valence-electron chi connectivity index (χ1n) is 13.1. The molecule has 0 spiro atoms. The highest BCUT2D eigenvalue weighted by atomic mass is 32.2. The lowest BCUT2D eigenvalue weighted by Crippen LogP contribution is -2.62. The number of rotatable bonds is 5. The van der Waals surface area contributed by atoms with Crippen molar-refractivity contribution in [3.8, 4) is 0 Å². The second-order valence-electron chi connectivity index (χ2n) is 11.3. The highest BCUT2D eigenvalue weighted by Gasteiger charge is 2.61. The number of fused-ring (bicyclic) bond motifs is 6. The number of benzene rings is 1. The third-order valence-corrected chi connectivity index (χ3v) is 10.8. The summed E-state index contributed by atoms with van der Waals surface area (Å²) in [6, 6.07) is 3.95. The van der Waals surface area contributed by atoms with Gasteiger partial charge in [0.15, 0.2) is 11.7 Å². The number of sulfonamides is 2. The summed E-state index contributed by atoms with van der Waals surface area (Å²) in [5, 5.41) is 2.95. The number of amidine groups is 1. The van der Waals surface area contributed by atoms with Crippen molar-refractivity contribution >= 4 is 48.9 Å². The molecule has 200 valence electrons. The molecule has 5 unspecified atom stereocenters. The normalized spacial score (nSPS) is 32.9. The monoisotopic (exact) mass is 548 g/mol. The fourth-order valence-electron chi connectivity index (χ4n) is 7.43. The number of amides is 1. The highest BCUT2D eigenvalue weighted by molar-refractivity contribution is 7.92. The molecular weight excluding hydrogens is 516 g/mol. The Balaban J connectivity index is 1.35. The number of hydrogen-bond acceptors (Lipinski definition) is 7. The van der Waals surface area contributed by atoms with E-state index in [1.807, 2.05) is 4.90 Å². The molecule has 0 radical (unpaired) electrons. The number of carbonyl (C=O) groups is 2. The van der Waals surface area contributed by atoms with Crippen LogP contribution in [0, 0.1) is 29.6 Å². The molecule has 2 aliphatic heterocycles. The molecule has 2 N–H and O–H groups in total. The van der Waals surface area contributed by atoms with Crippen LogP contribution in [0.4, 0.5) is 11.4 Å². The van der Waals surface area contributed by atoms with Gasteiger partial charge in [0.05, 0.1) is 11.9 Å². The van der Waals surface area contributed by atoms with E-state index >= 15 is 0 Å². The predicted molar refractivity (Wildman–Crippen MR) is 138 cm³/mol. The van der Waals surface area contributed by atoms with Gasteiger partial charge in [0.2, 0.25) is 15.9 Å². The summed E-state index contributed by atoms with van der Waals surface area (Å²) < 4.78 is 55.7. The molecule has 2 heterocycles. The highest BCUT2D eigenvalue weighted by Crippen LogP contribution is 2.54. The summed E-state index contributed by atoms with van der Waals surface area (Å²) in [6.07, 6.45) is 9.55. The molecule has 10 nitrogen and oxygen atoms in total. The van der Waals surface area contributed by atoms with Crippen molar-refractivity contribution in [2.24, 2.45) is 34.0 Å². The van der Waals surface area contributed by atoms with Crippen LogP contribution in [0.1, 0.15) is 51.4 Å². The Kier molecular flexibility index (Phi) is 5.90. The standard InChI is InChI=1S/C25H32N4O6S2/c1-36(32,33)27-17-9-10-18-19(12-17)37(34,35)28-24(26-18)21-23(30)20-15-7-8-16(11-15)22(20)29(25(21)31)13-14-5-3-2-4-6-14/h9-10,12,14-16,20-22,27H,2-8,11,13H2,1H3,(H,26,28). The number of anilines is 2. The number of nitrogens with zero attached hydrogens (tertiary/aromatic N) is 2. The van der Waals surface area contributed by atoms with E-state index in [4.69, 9.17) is 0 Å². The number of likely N-dealkylation sites (tertiary alicyclic amines) is 1. The first-order valence-corrected chi connectivity index (χ1v) is 16.4. The van der Waals surface area contributed by atoms with E-state index in [1.165, 1.54) is 24.6 Å². The summed E-state index contributed by atoms with van der Waals surface area (Å²) in [4.78, 5) is 29.5. The largest absolute Gasteiger partial charge is 0.341 e. The van der Waals surface area contributed by atoms with Crippen LogP contribution in [0.2, 0.25) is 0 Å². The molecule has 37 heavy (non-hydrogen) atoms. The molecule has 4 fully saturated rings. The van der Waals surface area contributed by atoms with Crippen molar-refractivity contribution in [2.45, 2.75) is 62.3 Å². The number of piperidine rings is 1. The fourth-order valence-corrected chi connectivity index (χ4v) is 9.17. The molecule has 3 aliphatic carbocycles. The minimum Gasteiger partial charge on any atom is -0.341 e. The van der Waals surface area contributed by atoms with Crippen molar-refractivity contribution in [2.75, 3.05) is 22.8 Å². The molecule has 6 rings (SSSR count). The summed E-state index contributed by atoms with van der Waals surface area (Å²) in [5.74, 6) is -1.31. The van der Waals surface area contributed by atoms with Gasteiger partial charge in [-0.1, -0.05) is 19.3 Å². The molecule has 2 bridgehead atoms. The summed E-state index contributed by atoms with van der Waals surface area (Å²) in [6.45, 7) is 0.615. The molecule has 1 aromatic rings. The number of nitrogens with one attached hydrogen (secondary N) is 2. The van der Waals surface area contributed by atoms with Gasteiger partial charge in [0.1, 0.15) is 10.7 Å². The van der Waals surface area contributed by atoms with Crippen molar-refractivity contribution in [1.82, 2.24) is 4.90 Å². The fraction of sp³-hybridized carbons (Fsp3) is 0.640. The Morgan fingerprint density at radius 3 is 2.54 bits per heavy atom. The summed E-state index contributed by atoms with van der Waals surface area (Å²) >= 11 is 0. The van der Waals surface area contributed by atoms with E-state index in [1.54, 1.807) is 0 Å². The average Bonchev–Trinajstić information content (AvgIpc) is 3.44. The second kappa shape index (κ2) is 8.79. The molecule has 0 aromatic heterocycles. The number of ketones is 1. The lowest BCUT2D eigenvalue weighted by atomic mass is 9.72. The minimum atomic E-state index is -4.27. The van der Waals surface area contributed by atoms with Crippen LogP contribution in [0.3, 0.4) is 0 Å². The molecule has 1 amide bonds. The van der Waals surface area contributed by atoms with Crippen LogP contribution in [0.15, 0.2) is 27.5 Å². The van der Waals surface area contributed by atoms with Gasteiger partial charge in [-0.25, -0.2) is 8.42 Å². The Morgan fingerprint density at radius 2 is 1.81 bits per heavy atom. The van der Waals surface area contributed by atoms with Crippen LogP contribution in [-0.2, 0) is 29.6 Å². The quantitative estimate of drug-likeness (QED) is 0.539. The zero-order valence-electron chi connectivity index (χ0n) is 20.7. The lowest BCUT2D eigenvalue weighted by Gasteiger charge is -2.47. The first-order chi connectivity index (χ1) is 17.5. The van der Waals surface area contributed by atoms with Crippen molar-refractivity contribution in [3.05, 3.63) is 18.2 Å². The van der Waals surface area contributed by atoms with Gasteiger partial charge in [-0.3, -0.25) is 14.3 Å². The maximum atomic E-state index is 14.0. The smallest absolute Gasteiger partial charge is 0.286 e. The van der Waals surface area contributed by atoms with E-state index in [9.17, 15) is 26.4 Å². The maximum absolute atomic E-state index is 14.0. The Morgan fingerprint density at radius 1 is 1.08 bits per heavy atom. The van der Waals surface area contributed by atoms with Crippen LogP contribution >= 0.6 is 0 Å². The van der Waals surface area contributed by atoms with Gasteiger partial charge in [-0.2, -0.15) is 8.42 Å². The van der Waals surface area contributed by atoms with Crippen molar-refractivity contribution < 1.29 is 26.4 Å². The van der Waals surface area contributed by atoms with Gasteiger partial charge in [0, 0.05) is 24.2 Å². The van der Waals surface area contributed by atoms with Crippen molar-refractivity contribution in [1.29, 1.82) is 0 Å². The van der Waals surface area contributed by atoms with E-state index in [0.717, 1.165) is 51.2 Å². The zero-order valence-corrected chi connectivity index (χ0v) is 22.4. The van der Waals surface area contributed by atoms with E-state index in [-0.39, 0.29) is 51.7 Å². The Hall–Kier alpha value is -2.47. The Labute approximate surface area is 217 Å². The number of carbonyl (C=O) groups excluding carboxylic acids is 2. The topological polar surface area (TPSA) is 142 Å². The number of Topliss-reactive ketones (excluding diaryl/α,β-unsaturated/α-hetero) is 1. The zero-order chi connectivity index (χ0) is 26.1. The average molecular weight is 549 g/mol. The third-order valence-electron chi connectivity index (χ3n) is 8.87. The van der Waals surface area contributed by atoms with Gasteiger partial charge >= 0.3 is 0 Å². The maximum Gasteiger partial charge on any atom is 0.286 e. The molecule has 1 saturated heterocycles. The molecule has 5 atom stereocenters. The molecule has 5 aliphatic rings. The van der Waals surface area contributed by atoms with E-state index in [0.29, 0.717) is 18.4 Å². The Bertz CT molecular complexity index is 1400. The molecule has 12 heteroatoms. The first kappa shape index (κ1) is 24.8. The molecule has 1 aromatic carbocycles. The van der Waals surface area contributed by atoms with E-state index < -0.39 is 26.0 Å². The van der Waals surface area contributed by atoms with Gasteiger partial charge in [-0.15, -0.1) is 4.40 Å². The van der Waals surface area contributed by atoms with E-state index in [2.05, 4.69) is 14.4 Å². The summed E-state index contributed by atoms with van der Waals surface area (Å²) in [5.41, 5.74) is 0.247. The van der Waals surface area contributed by atoms with Crippen LogP contribution in [-0.4, -0.2) is 58.1 Å². The van der Waals surface area contributed by atoms with Crippen LogP contribution in [0.5, 0.6) is 0 Å². The van der Waals surface area contributed by atoms with Crippen LogP contribution < -0.4 is 10.0 Å². The second-order valence-corrected chi connectivity index (χ2v) is 14.7. The molecule has 3 saturated carbocycles.